The fourth-order valence-corrected chi connectivity index (χ4v) is 2.15. The number of ether oxygens (including phenoxy) is 1. The number of carbonyl (C=O) groups is 2. The van der Waals surface area contributed by atoms with Gasteiger partial charge < -0.3 is 4.74 Å². The minimum Gasteiger partial charge on any atom is -0.468 e. The van der Waals surface area contributed by atoms with Crippen molar-refractivity contribution >= 4 is 12.3 Å². The zero-order valence-corrected chi connectivity index (χ0v) is 11.5. The van der Waals surface area contributed by atoms with Crippen LogP contribution in [0.2, 0.25) is 0 Å². The van der Waals surface area contributed by atoms with E-state index in [0.717, 1.165) is 23.0 Å². The fraction of sp³-hybridized carbons (Fsp3) is 0.176. The molecule has 1 unspecified atom stereocenters. The molecule has 0 aromatic heterocycles. The largest absolute Gasteiger partial charge is 0.468 e. The van der Waals surface area contributed by atoms with E-state index in [-0.39, 0.29) is 5.97 Å². The molecule has 0 N–H and O–H groups in total. The molecule has 0 spiro atoms. The lowest BCUT2D eigenvalue weighted by Gasteiger charge is -2.16. The molecular formula is C17H16O3. The summed E-state index contributed by atoms with van der Waals surface area (Å²) in [6.45, 7) is 1.99. The van der Waals surface area contributed by atoms with Crippen molar-refractivity contribution in [1.29, 1.82) is 0 Å². The Morgan fingerprint density at radius 2 is 1.80 bits per heavy atom. The van der Waals surface area contributed by atoms with Gasteiger partial charge in [0.25, 0.3) is 0 Å². The van der Waals surface area contributed by atoms with Crippen LogP contribution >= 0.6 is 0 Å². The van der Waals surface area contributed by atoms with Gasteiger partial charge in [-0.2, -0.15) is 0 Å². The highest BCUT2D eigenvalue weighted by Crippen LogP contribution is 2.26. The molecule has 0 radical (unpaired) electrons. The van der Waals surface area contributed by atoms with Crippen LogP contribution in [0.1, 0.15) is 33.0 Å². The number of rotatable bonds is 4. The first-order chi connectivity index (χ1) is 9.65. The first-order valence-corrected chi connectivity index (χ1v) is 6.35. The van der Waals surface area contributed by atoms with E-state index in [4.69, 9.17) is 4.74 Å². The zero-order chi connectivity index (χ0) is 14.5. The van der Waals surface area contributed by atoms with Gasteiger partial charge in [-0.25, -0.2) is 0 Å². The molecule has 0 aliphatic heterocycles. The van der Waals surface area contributed by atoms with Crippen LogP contribution in [0, 0.1) is 6.92 Å². The number of esters is 1. The van der Waals surface area contributed by atoms with Gasteiger partial charge in [0.2, 0.25) is 0 Å². The monoisotopic (exact) mass is 268 g/mol. The Balaban J connectivity index is 2.49. The van der Waals surface area contributed by atoms with Gasteiger partial charge in [0.1, 0.15) is 12.2 Å². The van der Waals surface area contributed by atoms with E-state index in [1.165, 1.54) is 7.11 Å². The second-order valence-electron chi connectivity index (χ2n) is 4.65. The van der Waals surface area contributed by atoms with Crippen molar-refractivity contribution < 1.29 is 14.3 Å². The molecule has 1 atom stereocenters. The Morgan fingerprint density at radius 3 is 2.40 bits per heavy atom. The smallest absolute Gasteiger partial charge is 0.317 e. The standard InChI is InChI=1S/C17H16O3/c1-12-6-8-14(9-7-12)16(17(19)20-2)15-5-3-4-13(10-15)11-18/h3-11,16H,1-2H3. The van der Waals surface area contributed by atoms with Gasteiger partial charge in [-0.15, -0.1) is 0 Å². The van der Waals surface area contributed by atoms with E-state index >= 15 is 0 Å². The summed E-state index contributed by atoms with van der Waals surface area (Å²) in [5.41, 5.74) is 3.28. The summed E-state index contributed by atoms with van der Waals surface area (Å²) < 4.78 is 4.90. The number of aldehydes is 1. The van der Waals surface area contributed by atoms with Crippen molar-refractivity contribution in [2.24, 2.45) is 0 Å². The predicted octanol–water partition coefficient (Wildman–Crippen LogP) is 3.11. The zero-order valence-electron chi connectivity index (χ0n) is 11.5. The second kappa shape index (κ2) is 6.15. The number of benzene rings is 2. The summed E-state index contributed by atoms with van der Waals surface area (Å²) in [6.07, 6.45) is 0.771. The van der Waals surface area contributed by atoms with Crippen LogP contribution in [0.3, 0.4) is 0 Å². The van der Waals surface area contributed by atoms with Gasteiger partial charge >= 0.3 is 5.97 Å². The number of hydrogen-bond acceptors (Lipinski definition) is 3. The molecule has 0 aliphatic rings. The molecule has 0 bridgehead atoms. The molecule has 2 rings (SSSR count). The molecule has 0 saturated heterocycles. The van der Waals surface area contributed by atoms with E-state index in [2.05, 4.69) is 0 Å². The van der Waals surface area contributed by atoms with Crippen LogP contribution in [0.4, 0.5) is 0 Å². The summed E-state index contributed by atoms with van der Waals surface area (Å²) in [5, 5.41) is 0. The normalized spacial score (nSPS) is 11.7. The average Bonchev–Trinajstić information content (AvgIpc) is 2.49. The lowest BCUT2D eigenvalue weighted by molar-refractivity contribution is -0.141. The average molecular weight is 268 g/mol. The van der Waals surface area contributed by atoms with Crippen LogP contribution in [0.5, 0.6) is 0 Å². The number of hydrogen-bond donors (Lipinski definition) is 0. The quantitative estimate of drug-likeness (QED) is 0.632. The SMILES string of the molecule is COC(=O)C(c1ccc(C)cc1)c1cccc(C=O)c1. The minimum absolute atomic E-state index is 0.336. The fourth-order valence-electron chi connectivity index (χ4n) is 2.15. The molecule has 20 heavy (non-hydrogen) atoms. The van der Waals surface area contributed by atoms with E-state index in [0.29, 0.717) is 5.56 Å². The van der Waals surface area contributed by atoms with E-state index in [9.17, 15) is 9.59 Å². The number of aryl methyl sites for hydroxylation is 1. The Hall–Kier alpha value is -2.42. The molecule has 3 nitrogen and oxygen atoms in total. The maximum absolute atomic E-state index is 12.1. The molecular weight excluding hydrogens is 252 g/mol. The highest BCUT2D eigenvalue weighted by Gasteiger charge is 2.23. The Labute approximate surface area is 118 Å². The van der Waals surface area contributed by atoms with Crippen LogP contribution in [0.15, 0.2) is 48.5 Å². The third-order valence-corrected chi connectivity index (χ3v) is 3.23. The van der Waals surface area contributed by atoms with Gasteiger partial charge in [-0.1, -0.05) is 48.0 Å². The van der Waals surface area contributed by atoms with Crippen molar-refractivity contribution in [3.8, 4) is 0 Å². The number of methoxy groups -OCH3 is 1. The maximum Gasteiger partial charge on any atom is 0.317 e. The highest BCUT2D eigenvalue weighted by molar-refractivity contribution is 5.83. The van der Waals surface area contributed by atoms with Gasteiger partial charge in [-0.05, 0) is 24.1 Å². The molecule has 2 aromatic rings. The van der Waals surface area contributed by atoms with Gasteiger partial charge in [0.05, 0.1) is 7.11 Å². The first kappa shape index (κ1) is 14.0. The van der Waals surface area contributed by atoms with Crippen molar-refractivity contribution in [1.82, 2.24) is 0 Å². The molecule has 2 aromatic carbocycles. The maximum atomic E-state index is 12.1. The van der Waals surface area contributed by atoms with Crippen molar-refractivity contribution in [2.45, 2.75) is 12.8 Å². The summed E-state index contributed by atoms with van der Waals surface area (Å²) in [5.74, 6) is -0.850. The third kappa shape index (κ3) is 2.94. The molecule has 3 heteroatoms. The van der Waals surface area contributed by atoms with Crippen LogP contribution < -0.4 is 0 Å². The molecule has 0 aliphatic carbocycles. The lowest BCUT2D eigenvalue weighted by atomic mass is 9.90. The van der Waals surface area contributed by atoms with Crippen molar-refractivity contribution in [3.05, 3.63) is 70.8 Å². The van der Waals surface area contributed by atoms with Gasteiger partial charge in [0.15, 0.2) is 0 Å². The summed E-state index contributed by atoms with van der Waals surface area (Å²) in [6, 6.07) is 14.7. The topological polar surface area (TPSA) is 43.4 Å². The molecule has 102 valence electrons. The van der Waals surface area contributed by atoms with E-state index in [1.807, 2.05) is 37.3 Å². The second-order valence-corrected chi connectivity index (χ2v) is 4.65. The van der Waals surface area contributed by atoms with Crippen molar-refractivity contribution in [3.63, 3.8) is 0 Å². The summed E-state index contributed by atoms with van der Waals surface area (Å²) >= 11 is 0. The predicted molar refractivity (Wildman–Crippen MR) is 76.9 cm³/mol. The molecule has 0 heterocycles. The third-order valence-electron chi connectivity index (χ3n) is 3.23. The summed E-state index contributed by atoms with van der Waals surface area (Å²) in [7, 11) is 1.37. The Bertz CT molecular complexity index is 614. The van der Waals surface area contributed by atoms with Crippen LogP contribution in [0.25, 0.3) is 0 Å². The summed E-state index contributed by atoms with van der Waals surface area (Å²) in [4.78, 5) is 23.0. The lowest BCUT2D eigenvalue weighted by Crippen LogP contribution is -2.15. The molecule has 0 amide bonds. The minimum atomic E-state index is -0.513. The highest BCUT2D eigenvalue weighted by atomic mass is 16.5. The van der Waals surface area contributed by atoms with Crippen LogP contribution in [-0.2, 0) is 9.53 Å². The van der Waals surface area contributed by atoms with E-state index < -0.39 is 5.92 Å². The van der Waals surface area contributed by atoms with Crippen LogP contribution in [-0.4, -0.2) is 19.4 Å². The van der Waals surface area contributed by atoms with Gasteiger partial charge in [0, 0.05) is 5.56 Å². The van der Waals surface area contributed by atoms with Gasteiger partial charge in [-0.3, -0.25) is 9.59 Å². The number of carbonyl (C=O) groups excluding carboxylic acids is 2. The molecule has 0 fully saturated rings. The van der Waals surface area contributed by atoms with E-state index in [1.54, 1.807) is 18.2 Å². The first-order valence-electron chi connectivity index (χ1n) is 6.35. The van der Waals surface area contributed by atoms with Crippen molar-refractivity contribution in [2.75, 3.05) is 7.11 Å². The Kier molecular flexibility index (Phi) is 4.31. The molecule has 0 saturated carbocycles. The Morgan fingerprint density at radius 1 is 1.10 bits per heavy atom.